The number of nitrogens with one attached hydrogen (secondary N) is 1. The first-order chi connectivity index (χ1) is 9.70. The van der Waals surface area contributed by atoms with Crippen molar-refractivity contribution in [3.05, 3.63) is 58.3 Å². The van der Waals surface area contributed by atoms with Crippen LogP contribution < -0.4 is 5.32 Å². The van der Waals surface area contributed by atoms with E-state index in [0.29, 0.717) is 4.88 Å². The summed E-state index contributed by atoms with van der Waals surface area (Å²) in [4.78, 5) is 12.7. The molecule has 1 amide bonds. The van der Waals surface area contributed by atoms with Crippen LogP contribution in [0.3, 0.4) is 0 Å². The van der Waals surface area contributed by atoms with Crippen LogP contribution >= 0.6 is 11.3 Å². The third-order valence-corrected chi connectivity index (χ3v) is 4.66. The first-order valence-electron chi connectivity index (χ1n) is 6.80. The van der Waals surface area contributed by atoms with Crippen LogP contribution in [0.4, 0.5) is 0 Å². The van der Waals surface area contributed by atoms with Gasteiger partial charge in [0.2, 0.25) is 0 Å². The second-order valence-electron chi connectivity index (χ2n) is 5.22. The third-order valence-electron chi connectivity index (χ3n) is 3.79. The van der Waals surface area contributed by atoms with E-state index in [2.05, 4.69) is 5.32 Å². The average Bonchev–Trinajstić information content (AvgIpc) is 3.21. The van der Waals surface area contributed by atoms with Crippen molar-refractivity contribution in [1.29, 1.82) is 0 Å². The molecule has 1 unspecified atom stereocenters. The molecule has 0 radical (unpaired) electrons. The van der Waals surface area contributed by atoms with Gasteiger partial charge >= 0.3 is 0 Å². The Balaban J connectivity index is 1.74. The lowest BCUT2D eigenvalue weighted by Gasteiger charge is -2.29. The second kappa shape index (κ2) is 5.38. The van der Waals surface area contributed by atoms with Crippen LogP contribution in [0.5, 0.6) is 0 Å². The Kier molecular flexibility index (Phi) is 3.59. The Labute approximate surface area is 122 Å². The third kappa shape index (κ3) is 2.62. The Bertz CT molecular complexity index is 578. The van der Waals surface area contributed by atoms with Crippen LogP contribution in [0.15, 0.2) is 47.8 Å². The molecule has 1 aromatic carbocycles. The summed E-state index contributed by atoms with van der Waals surface area (Å²) in [7, 11) is 0. The topological polar surface area (TPSA) is 49.3 Å². The molecule has 2 N–H and O–H groups in total. The Morgan fingerprint density at radius 3 is 2.60 bits per heavy atom. The van der Waals surface area contributed by atoms with Crippen LogP contribution in [0.25, 0.3) is 0 Å². The average molecular weight is 287 g/mol. The molecule has 4 heteroatoms. The molecule has 0 bridgehead atoms. The van der Waals surface area contributed by atoms with Crippen molar-refractivity contribution >= 4 is 17.2 Å². The number of rotatable bonds is 5. The largest absolute Gasteiger partial charge is 0.383 e. The molecule has 1 aliphatic carbocycles. The zero-order valence-electron chi connectivity index (χ0n) is 11.1. The highest BCUT2D eigenvalue weighted by molar-refractivity contribution is 7.12. The van der Waals surface area contributed by atoms with Crippen molar-refractivity contribution in [3.63, 3.8) is 0 Å². The maximum atomic E-state index is 12.0. The highest BCUT2D eigenvalue weighted by Crippen LogP contribution is 2.45. The van der Waals surface area contributed by atoms with Crippen LogP contribution in [0.1, 0.15) is 28.1 Å². The Hall–Kier alpha value is -1.65. The molecule has 2 aromatic rings. The molecule has 1 atom stereocenters. The number of hydrogen-bond acceptors (Lipinski definition) is 3. The molecule has 1 aromatic heterocycles. The van der Waals surface area contributed by atoms with Crippen molar-refractivity contribution in [1.82, 2.24) is 5.32 Å². The maximum absolute atomic E-state index is 12.0. The molecular formula is C16H17NO2S. The van der Waals surface area contributed by atoms with E-state index in [-0.39, 0.29) is 18.4 Å². The molecule has 3 nitrogen and oxygen atoms in total. The number of amides is 1. The predicted molar refractivity (Wildman–Crippen MR) is 79.7 cm³/mol. The lowest BCUT2D eigenvalue weighted by molar-refractivity contribution is 0.0135. The van der Waals surface area contributed by atoms with E-state index in [1.807, 2.05) is 41.8 Å². The van der Waals surface area contributed by atoms with Crippen LogP contribution in [0.2, 0.25) is 0 Å². The summed E-state index contributed by atoms with van der Waals surface area (Å²) < 4.78 is 0. The van der Waals surface area contributed by atoms with Gasteiger partial charge in [-0.2, -0.15) is 0 Å². The first kappa shape index (κ1) is 13.3. The van der Waals surface area contributed by atoms with E-state index in [1.54, 1.807) is 6.07 Å². The summed E-state index contributed by atoms with van der Waals surface area (Å²) >= 11 is 1.41. The lowest BCUT2D eigenvalue weighted by atomic mass is 9.88. The molecule has 1 heterocycles. The van der Waals surface area contributed by atoms with Crippen molar-refractivity contribution < 1.29 is 9.90 Å². The van der Waals surface area contributed by atoms with E-state index in [9.17, 15) is 9.90 Å². The summed E-state index contributed by atoms with van der Waals surface area (Å²) in [6.45, 7) is 0.262. The zero-order valence-corrected chi connectivity index (χ0v) is 11.9. The maximum Gasteiger partial charge on any atom is 0.261 e. The fourth-order valence-corrected chi connectivity index (χ4v) is 3.12. The van der Waals surface area contributed by atoms with E-state index >= 15 is 0 Å². The molecule has 0 saturated heterocycles. The van der Waals surface area contributed by atoms with Crippen LogP contribution in [-0.4, -0.2) is 17.6 Å². The number of benzene rings is 1. The van der Waals surface area contributed by atoms with Gasteiger partial charge in [0.05, 0.1) is 11.4 Å². The van der Waals surface area contributed by atoms with Gasteiger partial charge in [0.25, 0.3) is 5.91 Å². The van der Waals surface area contributed by atoms with Gasteiger partial charge in [0.1, 0.15) is 5.60 Å². The quantitative estimate of drug-likeness (QED) is 0.888. The lowest BCUT2D eigenvalue weighted by Crippen LogP contribution is -2.42. The smallest absolute Gasteiger partial charge is 0.261 e. The molecule has 1 saturated carbocycles. The normalized spacial score (nSPS) is 17.4. The van der Waals surface area contributed by atoms with E-state index in [1.165, 1.54) is 11.3 Å². The van der Waals surface area contributed by atoms with Crippen molar-refractivity contribution in [2.45, 2.75) is 18.4 Å². The molecule has 1 aliphatic rings. The Morgan fingerprint density at radius 2 is 2.00 bits per heavy atom. The highest BCUT2D eigenvalue weighted by Gasteiger charge is 2.45. The summed E-state index contributed by atoms with van der Waals surface area (Å²) in [5.74, 6) is 0.128. The predicted octanol–water partition coefficient (Wildman–Crippen LogP) is 2.78. The van der Waals surface area contributed by atoms with Gasteiger partial charge in [0, 0.05) is 0 Å². The van der Waals surface area contributed by atoms with Gasteiger partial charge in [-0.15, -0.1) is 11.3 Å². The monoisotopic (exact) mass is 287 g/mol. The molecule has 104 valence electrons. The van der Waals surface area contributed by atoms with Gasteiger partial charge in [-0.3, -0.25) is 4.79 Å². The fourth-order valence-electron chi connectivity index (χ4n) is 2.48. The molecule has 1 fully saturated rings. The summed E-state index contributed by atoms with van der Waals surface area (Å²) in [5, 5.41) is 15.7. The van der Waals surface area contributed by atoms with E-state index in [0.717, 1.165) is 18.4 Å². The van der Waals surface area contributed by atoms with Crippen LogP contribution in [0, 0.1) is 5.92 Å². The van der Waals surface area contributed by atoms with Crippen molar-refractivity contribution in [2.24, 2.45) is 5.92 Å². The minimum atomic E-state index is -0.950. The number of carbonyl (C=O) groups is 1. The van der Waals surface area contributed by atoms with Gasteiger partial charge in [0.15, 0.2) is 0 Å². The summed E-state index contributed by atoms with van der Waals surface area (Å²) in [6.07, 6.45) is 2.03. The van der Waals surface area contributed by atoms with E-state index in [4.69, 9.17) is 0 Å². The van der Waals surface area contributed by atoms with E-state index < -0.39 is 5.60 Å². The Morgan fingerprint density at radius 1 is 1.25 bits per heavy atom. The zero-order chi connectivity index (χ0) is 14.0. The van der Waals surface area contributed by atoms with Gasteiger partial charge < -0.3 is 10.4 Å². The molecule has 20 heavy (non-hydrogen) atoms. The van der Waals surface area contributed by atoms with Crippen molar-refractivity contribution in [2.75, 3.05) is 6.54 Å². The first-order valence-corrected chi connectivity index (χ1v) is 7.68. The number of carbonyl (C=O) groups excluding carboxylic acids is 1. The number of thiophene rings is 1. The summed E-state index contributed by atoms with van der Waals surface area (Å²) in [6, 6.07) is 13.3. The van der Waals surface area contributed by atoms with Gasteiger partial charge in [-0.05, 0) is 35.8 Å². The standard InChI is InChI=1S/C16H17NO2S/c18-15(14-7-4-10-20-14)17-11-16(19,13-8-9-13)12-5-2-1-3-6-12/h1-7,10,13,19H,8-9,11H2,(H,17,18). The summed E-state index contributed by atoms with van der Waals surface area (Å²) in [5.41, 5.74) is -0.0669. The fraction of sp³-hybridized carbons (Fsp3) is 0.312. The highest BCUT2D eigenvalue weighted by atomic mass is 32.1. The molecule has 0 spiro atoms. The molecular weight excluding hydrogens is 270 g/mol. The second-order valence-corrected chi connectivity index (χ2v) is 6.17. The van der Waals surface area contributed by atoms with Gasteiger partial charge in [-0.25, -0.2) is 0 Å². The van der Waals surface area contributed by atoms with Crippen LogP contribution in [-0.2, 0) is 5.60 Å². The van der Waals surface area contributed by atoms with Crippen molar-refractivity contribution in [3.8, 4) is 0 Å². The molecule has 3 rings (SSSR count). The minimum Gasteiger partial charge on any atom is -0.383 e. The minimum absolute atomic E-state index is 0.116. The SMILES string of the molecule is O=C(NCC(O)(c1ccccc1)C1CC1)c1cccs1. The van der Waals surface area contributed by atoms with Gasteiger partial charge in [-0.1, -0.05) is 36.4 Å². The number of aliphatic hydroxyl groups is 1. The number of hydrogen-bond donors (Lipinski definition) is 2. The molecule has 0 aliphatic heterocycles.